The van der Waals surface area contributed by atoms with Crippen LogP contribution in [0.2, 0.25) is 0 Å². The molecule has 4 nitrogen and oxygen atoms in total. The molecule has 0 fully saturated rings. The SMILES string of the molecule is Cc1cc(S(=O)(=O)Nc2nc3c(s2)CCCCC3)c(C)s1. The van der Waals surface area contributed by atoms with Crippen LogP contribution < -0.4 is 4.72 Å². The number of hydrogen-bond acceptors (Lipinski definition) is 5. The Morgan fingerprint density at radius 1 is 1.14 bits per heavy atom. The van der Waals surface area contributed by atoms with Crippen LogP contribution in [0, 0.1) is 13.8 Å². The number of fused-ring (bicyclic) bond motifs is 1. The molecule has 1 aliphatic carbocycles. The second-order valence-corrected chi connectivity index (χ2v) is 9.53. The van der Waals surface area contributed by atoms with Crippen LogP contribution in [0.3, 0.4) is 0 Å². The van der Waals surface area contributed by atoms with Crippen LogP contribution in [0.1, 0.15) is 39.6 Å². The van der Waals surface area contributed by atoms with Crippen molar-refractivity contribution < 1.29 is 8.42 Å². The summed E-state index contributed by atoms with van der Waals surface area (Å²) in [6.45, 7) is 3.76. The molecule has 2 heterocycles. The molecule has 0 saturated heterocycles. The fraction of sp³-hybridized carbons (Fsp3) is 0.500. The molecular formula is C14H18N2O2S3. The van der Waals surface area contributed by atoms with E-state index in [1.165, 1.54) is 40.4 Å². The van der Waals surface area contributed by atoms with E-state index in [4.69, 9.17) is 0 Å². The first-order valence-electron chi connectivity index (χ1n) is 7.04. The largest absolute Gasteiger partial charge is 0.264 e. The number of sulfonamides is 1. The number of aryl methyl sites for hydroxylation is 4. The van der Waals surface area contributed by atoms with Crippen LogP contribution >= 0.6 is 22.7 Å². The van der Waals surface area contributed by atoms with Crippen molar-refractivity contribution >= 4 is 37.8 Å². The zero-order valence-electron chi connectivity index (χ0n) is 12.1. The second-order valence-electron chi connectivity index (χ2n) is 5.33. The van der Waals surface area contributed by atoms with Crippen molar-refractivity contribution in [3.63, 3.8) is 0 Å². The van der Waals surface area contributed by atoms with Gasteiger partial charge in [0.15, 0.2) is 5.13 Å². The van der Waals surface area contributed by atoms with Crippen LogP contribution in [0.15, 0.2) is 11.0 Å². The Bertz CT molecular complexity index is 736. The Morgan fingerprint density at radius 3 is 2.62 bits per heavy atom. The molecule has 21 heavy (non-hydrogen) atoms. The van der Waals surface area contributed by atoms with Gasteiger partial charge in [0.2, 0.25) is 0 Å². The molecule has 0 aliphatic heterocycles. The molecule has 0 radical (unpaired) electrons. The van der Waals surface area contributed by atoms with E-state index in [0.29, 0.717) is 10.0 Å². The third kappa shape index (κ3) is 3.14. The number of nitrogens with one attached hydrogen (secondary N) is 1. The van der Waals surface area contributed by atoms with Crippen LogP contribution in [0.4, 0.5) is 5.13 Å². The van der Waals surface area contributed by atoms with E-state index in [-0.39, 0.29) is 0 Å². The fourth-order valence-electron chi connectivity index (χ4n) is 2.62. The van der Waals surface area contributed by atoms with Gasteiger partial charge in [0.05, 0.1) is 5.69 Å². The van der Waals surface area contributed by atoms with E-state index >= 15 is 0 Å². The highest BCUT2D eigenvalue weighted by molar-refractivity contribution is 7.93. The molecule has 0 saturated carbocycles. The minimum Gasteiger partial charge on any atom is -0.255 e. The Hall–Kier alpha value is -0.920. The summed E-state index contributed by atoms with van der Waals surface area (Å²) in [5.74, 6) is 0. The Balaban J connectivity index is 1.88. The van der Waals surface area contributed by atoms with Crippen molar-refractivity contribution in [1.82, 2.24) is 4.98 Å². The molecule has 0 bridgehead atoms. The highest BCUT2D eigenvalue weighted by Crippen LogP contribution is 2.32. The van der Waals surface area contributed by atoms with Gasteiger partial charge in [-0.3, -0.25) is 4.72 Å². The number of nitrogens with zero attached hydrogens (tertiary/aromatic N) is 1. The highest BCUT2D eigenvalue weighted by Gasteiger charge is 2.22. The predicted molar refractivity (Wildman–Crippen MR) is 88.0 cm³/mol. The molecular weight excluding hydrogens is 324 g/mol. The number of rotatable bonds is 3. The van der Waals surface area contributed by atoms with E-state index in [2.05, 4.69) is 9.71 Å². The van der Waals surface area contributed by atoms with Crippen molar-refractivity contribution in [2.24, 2.45) is 0 Å². The molecule has 2 aromatic rings. The molecule has 0 spiro atoms. The maximum atomic E-state index is 12.5. The van der Waals surface area contributed by atoms with Gasteiger partial charge in [-0.1, -0.05) is 6.42 Å². The summed E-state index contributed by atoms with van der Waals surface area (Å²) >= 11 is 2.99. The molecule has 0 unspecified atom stereocenters. The van der Waals surface area contributed by atoms with Crippen molar-refractivity contribution in [3.05, 3.63) is 26.4 Å². The summed E-state index contributed by atoms with van der Waals surface area (Å²) in [4.78, 5) is 7.92. The summed E-state index contributed by atoms with van der Waals surface area (Å²) in [6.07, 6.45) is 5.53. The molecule has 0 amide bonds. The lowest BCUT2D eigenvalue weighted by Gasteiger charge is -2.04. The monoisotopic (exact) mass is 342 g/mol. The van der Waals surface area contributed by atoms with Gasteiger partial charge in [-0.2, -0.15) is 0 Å². The second kappa shape index (κ2) is 5.70. The first-order chi connectivity index (χ1) is 9.95. The van der Waals surface area contributed by atoms with Crippen LogP contribution in [0.25, 0.3) is 0 Å². The van der Waals surface area contributed by atoms with Gasteiger partial charge in [0.25, 0.3) is 10.0 Å². The lowest BCUT2D eigenvalue weighted by atomic mass is 10.2. The number of thiophene rings is 1. The molecule has 3 rings (SSSR count). The van der Waals surface area contributed by atoms with E-state index < -0.39 is 10.0 Å². The Morgan fingerprint density at radius 2 is 1.90 bits per heavy atom. The van der Waals surface area contributed by atoms with Crippen molar-refractivity contribution in [3.8, 4) is 0 Å². The van der Waals surface area contributed by atoms with E-state index in [0.717, 1.165) is 34.7 Å². The molecule has 114 valence electrons. The molecule has 0 aromatic carbocycles. The summed E-state index contributed by atoms with van der Waals surface area (Å²) in [5.41, 5.74) is 1.08. The Labute approximate surface area is 133 Å². The number of hydrogen-bond donors (Lipinski definition) is 1. The first kappa shape index (κ1) is 15.0. The highest BCUT2D eigenvalue weighted by atomic mass is 32.2. The van der Waals surface area contributed by atoms with Crippen molar-refractivity contribution in [2.75, 3.05) is 4.72 Å². The zero-order chi connectivity index (χ0) is 15.0. The summed E-state index contributed by atoms with van der Waals surface area (Å²) in [5, 5.41) is 0.505. The molecule has 0 atom stereocenters. The van der Waals surface area contributed by atoms with Gasteiger partial charge in [-0.25, -0.2) is 13.4 Å². The standard InChI is InChI=1S/C14H18N2O2S3/c1-9-8-13(10(2)19-9)21(17,18)16-14-15-11-6-4-3-5-7-12(11)20-14/h8H,3-7H2,1-2H3,(H,15,16). The fourth-order valence-corrected chi connectivity index (χ4v) is 6.46. The smallest absolute Gasteiger partial charge is 0.255 e. The van der Waals surface area contributed by atoms with E-state index in [9.17, 15) is 8.42 Å². The van der Waals surface area contributed by atoms with Gasteiger partial charge >= 0.3 is 0 Å². The molecule has 2 aromatic heterocycles. The van der Waals surface area contributed by atoms with Gasteiger partial charge < -0.3 is 0 Å². The number of aromatic nitrogens is 1. The minimum atomic E-state index is -3.52. The predicted octanol–water partition coefficient (Wildman–Crippen LogP) is 3.89. The molecule has 1 aliphatic rings. The third-order valence-corrected chi connectivity index (χ3v) is 7.36. The third-order valence-electron chi connectivity index (χ3n) is 3.60. The Kier molecular flexibility index (Phi) is 4.07. The zero-order valence-corrected chi connectivity index (χ0v) is 14.6. The van der Waals surface area contributed by atoms with Gasteiger partial charge in [-0.05, 0) is 45.6 Å². The van der Waals surface area contributed by atoms with Crippen LogP contribution in [-0.2, 0) is 22.9 Å². The number of thiazole rings is 1. The van der Waals surface area contributed by atoms with Crippen molar-refractivity contribution in [2.45, 2.75) is 50.8 Å². The quantitative estimate of drug-likeness (QED) is 0.861. The topological polar surface area (TPSA) is 59.1 Å². The van der Waals surface area contributed by atoms with E-state index in [1.54, 1.807) is 6.07 Å². The van der Waals surface area contributed by atoms with Gasteiger partial charge in [0, 0.05) is 14.6 Å². The maximum absolute atomic E-state index is 12.5. The minimum absolute atomic E-state index is 0.371. The summed E-state index contributed by atoms with van der Waals surface area (Å²) in [7, 11) is -3.52. The lowest BCUT2D eigenvalue weighted by Crippen LogP contribution is -2.13. The lowest BCUT2D eigenvalue weighted by molar-refractivity contribution is 0.601. The van der Waals surface area contributed by atoms with Crippen LogP contribution in [0.5, 0.6) is 0 Å². The van der Waals surface area contributed by atoms with Crippen molar-refractivity contribution in [1.29, 1.82) is 0 Å². The molecule has 1 N–H and O–H groups in total. The summed E-state index contributed by atoms with van der Waals surface area (Å²) in [6, 6.07) is 1.72. The molecule has 7 heteroatoms. The first-order valence-corrected chi connectivity index (χ1v) is 10.2. The van der Waals surface area contributed by atoms with Gasteiger partial charge in [-0.15, -0.1) is 22.7 Å². The average Bonchev–Trinajstić information content (AvgIpc) is 2.85. The average molecular weight is 343 g/mol. The summed E-state index contributed by atoms with van der Waals surface area (Å²) < 4.78 is 27.6. The maximum Gasteiger partial charge on any atom is 0.264 e. The normalized spacial score (nSPS) is 15.5. The van der Waals surface area contributed by atoms with Gasteiger partial charge in [0.1, 0.15) is 4.90 Å². The number of anilines is 1. The van der Waals surface area contributed by atoms with Crippen LogP contribution in [-0.4, -0.2) is 13.4 Å². The van der Waals surface area contributed by atoms with E-state index in [1.807, 2.05) is 13.8 Å².